The van der Waals surface area contributed by atoms with Crippen LogP contribution in [0.15, 0.2) is 24.3 Å². The second-order valence-electron chi connectivity index (χ2n) is 5.92. The number of carbonyl (C=O) groups is 1. The van der Waals surface area contributed by atoms with Gasteiger partial charge in [0.05, 0.1) is 15.5 Å². The van der Waals surface area contributed by atoms with Gasteiger partial charge in [0.15, 0.2) is 5.13 Å². The van der Waals surface area contributed by atoms with E-state index in [0.29, 0.717) is 15.4 Å². The second-order valence-corrected chi connectivity index (χ2v) is 8.09. The molecule has 0 bridgehead atoms. The number of thiophene rings is 1. The first-order chi connectivity index (χ1) is 12.0. The van der Waals surface area contributed by atoms with Crippen LogP contribution >= 0.6 is 22.7 Å². The van der Waals surface area contributed by atoms with Gasteiger partial charge in [-0.2, -0.15) is 0 Å². The lowest BCUT2D eigenvalue weighted by molar-refractivity contribution is -0.384. The number of anilines is 1. The van der Waals surface area contributed by atoms with Crippen molar-refractivity contribution in [1.82, 2.24) is 9.88 Å². The average Bonchev–Trinajstić information content (AvgIpc) is 3.16. The van der Waals surface area contributed by atoms with Crippen LogP contribution < -0.4 is 5.32 Å². The number of nitrogens with zero attached hydrogens (tertiary/aromatic N) is 3. The lowest BCUT2D eigenvalue weighted by atomic mass is 10.2. The van der Waals surface area contributed by atoms with Crippen molar-refractivity contribution in [3.05, 3.63) is 49.8 Å². The van der Waals surface area contributed by atoms with Gasteiger partial charge in [0, 0.05) is 46.6 Å². The van der Waals surface area contributed by atoms with E-state index in [-0.39, 0.29) is 11.6 Å². The van der Waals surface area contributed by atoms with Gasteiger partial charge >= 0.3 is 0 Å². The highest BCUT2D eigenvalue weighted by Crippen LogP contribution is 2.31. The van der Waals surface area contributed by atoms with Crippen LogP contribution in [0.1, 0.15) is 20.2 Å². The number of carbonyl (C=O) groups excluding carboxylic acids is 1. The van der Waals surface area contributed by atoms with E-state index in [0.717, 1.165) is 29.9 Å². The Morgan fingerprint density at radius 3 is 3.00 bits per heavy atom. The molecule has 0 fully saturated rings. The maximum atomic E-state index is 12.5. The molecule has 0 saturated heterocycles. The third kappa shape index (κ3) is 3.13. The first kappa shape index (κ1) is 16.1. The zero-order valence-electron chi connectivity index (χ0n) is 13.3. The molecule has 0 atom stereocenters. The maximum absolute atomic E-state index is 12.5. The van der Waals surface area contributed by atoms with Gasteiger partial charge in [-0.05, 0) is 19.2 Å². The van der Waals surface area contributed by atoms with Crippen molar-refractivity contribution >= 4 is 49.5 Å². The molecule has 0 spiro atoms. The summed E-state index contributed by atoms with van der Waals surface area (Å²) in [5.74, 6) is -0.233. The quantitative estimate of drug-likeness (QED) is 0.560. The van der Waals surface area contributed by atoms with Crippen LogP contribution in [-0.2, 0) is 13.0 Å². The van der Waals surface area contributed by atoms with Gasteiger partial charge in [-0.25, -0.2) is 4.98 Å². The lowest BCUT2D eigenvalue weighted by Gasteiger charge is -2.20. The first-order valence-electron chi connectivity index (χ1n) is 7.66. The molecule has 1 amide bonds. The van der Waals surface area contributed by atoms with Gasteiger partial charge in [-0.15, -0.1) is 22.7 Å². The molecule has 2 aromatic heterocycles. The number of nitrogens with one attached hydrogen (secondary N) is 1. The first-order valence-corrected chi connectivity index (χ1v) is 9.29. The number of fused-ring (bicyclic) bond motifs is 2. The van der Waals surface area contributed by atoms with Crippen LogP contribution in [0.3, 0.4) is 0 Å². The van der Waals surface area contributed by atoms with Gasteiger partial charge in [-0.1, -0.05) is 0 Å². The molecule has 7 nitrogen and oxygen atoms in total. The maximum Gasteiger partial charge on any atom is 0.270 e. The summed E-state index contributed by atoms with van der Waals surface area (Å²) in [5.41, 5.74) is 1.08. The number of likely N-dealkylation sites (N-methyl/N-ethyl adjacent to an activating group) is 1. The molecule has 1 aliphatic rings. The topological polar surface area (TPSA) is 88.4 Å². The summed E-state index contributed by atoms with van der Waals surface area (Å²) >= 11 is 2.82. The second kappa shape index (κ2) is 6.17. The molecule has 4 rings (SSSR count). The van der Waals surface area contributed by atoms with Crippen LogP contribution in [0.2, 0.25) is 0 Å². The standard InChI is InChI=1S/C16H14N4O3S2/c1-19-5-4-11-14(8-19)25-16(17-11)18-15(21)13-7-9-6-10(20(22)23)2-3-12(9)24-13/h2-3,6-7H,4-5,8H2,1H3,(H,17,18,21). The number of non-ortho nitro benzene ring substituents is 1. The van der Waals surface area contributed by atoms with Gasteiger partial charge in [0.2, 0.25) is 0 Å². The highest BCUT2D eigenvalue weighted by molar-refractivity contribution is 7.21. The van der Waals surface area contributed by atoms with E-state index >= 15 is 0 Å². The zero-order valence-corrected chi connectivity index (χ0v) is 14.9. The third-order valence-corrected chi connectivity index (χ3v) is 6.19. The molecular weight excluding hydrogens is 360 g/mol. The van der Waals surface area contributed by atoms with Gasteiger partial charge in [-0.3, -0.25) is 20.2 Å². The molecule has 0 saturated carbocycles. The molecule has 3 aromatic rings. The van der Waals surface area contributed by atoms with E-state index in [1.54, 1.807) is 12.1 Å². The SMILES string of the molecule is CN1CCc2nc(NC(=O)c3cc4cc([N+](=O)[O-])ccc4s3)sc2C1. The van der Waals surface area contributed by atoms with E-state index < -0.39 is 4.92 Å². The molecule has 1 aliphatic heterocycles. The number of hydrogen-bond donors (Lipinski definition) is 1. The number of rotatable bonds is 3. The predicted molar refractivity (Wildman–Crippen MR) is 98.6 cm³/mol. The minimum absolute atomic E-state index is 0.0222. The van der Waals surface area contributed by atoms with Crippen molar-refractivity contribution in [3.8, 4) is 0 Å². The van der Waals surface area contributed by atoms with Crippen molar-refractivity contribution in [2.24, 2.45) is 0 Å². The Hall–Kier alpha value is -2.36. The summed E-state index contributed by atoms with van der Waals surface area (Å²) in [4.78, 5) is 31.4. The number of nitro benzene ring substituents is 1. The fraction of sp³-hybridized carbons (Fsp3) is 0.250. The number of nitro groups is 1. The number of hydrogen-bond acceptors (Lipinski definition) is 7. The Bertz CT molecular complexity index is 995. The summed E-state index contributed by atoms with van der Waals surface area (Å²) in [6.07, 6.45) is 0.894. The fourth-order valence-corrected chi connectivity index (χ4v) is 4.81. The zero-order chi connectivity index (χ0) is 17.6. The average molecular weight is 374 g/mol. The molecule has 0 unspecified atom stereocenters. The predicted octanol–water partition coefficient (Wildman–Crippen LogP) is 3.51. The Labute approximate surface area is 151 Å². The molecule has 0 aliphatic carbocycles. The Morgan fingerprint density at radius 1 is 1.36 bits per heavy atom. The Morgan fingerprint density at radius 2 is 2.20 bits per heavy atom. The third-order valence-electron chi connectivity index (χ3n) is 4.08. The molecule has 1 N–H and O–H groups in total. The summed E-state index contributed by atoms with van der Waals surface area (Å²) < 4.78 is 0.843. The lowest BCUT2D eigenvalue weighted by Crippen LogP contribution is -2.25. The van der Waals surface area contributed by atoms with Crippen LogP contribution in [-0.4, -0.2) is 34.3 Å². The number of amides is 1. The molecule has 25 heavy (non-hydrogen) atoms. The molecule has 9 heteroatoms. The Balaban J connectivity index is 1.57. The minimum Gasteiger partial charge on any atom is -0.301 e. The largest absolute Gasteiger partial charge is 0.301 e. The molecule has 3 heterocycles. The van der Waals surface area contributed by atoms with Crippen molar-refractivity contribution in [3.63, 3.8) is 0 Å². The minimum atomic E-state index is -0.437. The summed E-state index contributed by atoms with van der Waals surface area (Å²) in [6.45, 7) is 1.83. The van der Waals surface area contributed by atoms with Crippen LogP contribution in [0.25, 0.3) is 10.1 Å². The molecule has 0 radical (unpaired) electrons. The smallest absolute Gasteiger partial charge is 0.270 e. The van der Waals surface area contributed by atoms with E-state index in [1.165, 1.54) is 39.7 Å². The van der Waals surface area contributed by atoms with Crippen LogP contribution in [0, 0.1) is 10.1 Å². The molecule has 128 valence electrons. The van der Waals surface area contributed by atoms with E-state index in [1.807, 2.05) is 0 Å². The van der Waals surface area contributed by atoms with E-state index in [2.05, 4.69) is 22.2 Å². The summed E-state index contributed by atoms with van der Waals surface area (Å²) in [5, 5.41) is 15.0. The highest BCUT2D eigenvalue weighted by atomic mass is 32.1. The molecular formula is C16H14N4O3S2. The van der Waals surface area contributed by atoms with Gasteiger partial charge in [0.1, 0.15) is 0 Å². The monoisotopic (exact) mass is 374 g/mol. The van der Waals surface area contributed by atoms with E-state index in [4.69, 9.17) is 0 Å². The van der Waals surface area contributed by atoms with Crippen LogP contribution in [0.4, 0.5) is 10.8 Å². The van der Waals surface area contributed by atoms with Gasteiger partial charge < -0.3 is 4.90 Å². The number of thiazole rings is 1. The van der Waals surface area contributed by atoms with Crippen molar-refractivity contribution < 1.29 is 9.72 Å². The number of aromatic nitrogens is 1. The fourth-order valence-electron chi connectivity index (χ4n) is 2.79. The van der Waals surface area contributed by atoms with Crippen molar-refractivity contribution in [2.45, 2.75) is 13.0 Å². The number of benzene rings is 1. The summed E-state index contributed by atoms with van der Waals surface area (Å²) in [7, 11) is 2.07. The summed E-state index contributed by atoms with van der Waals surface area (Å²) in [6, 6.07) is 6.29. The van der Waals surface area contributed by atoms with Gasteiger partial charge in [0.25, 0.3) is 11.6 Å². The van der Waals surface area contributed by atoms with Crippen molar-refractivity contribution in [1.29, 1.82) is 0 Å². The van der Waals surface area contributed by atoms with Crippen LogP contribution in [0.5, 0.6) is 0 Å². The van der Waals surface area contributed by atoms with E-state index in [9.17, 15) is 14.9 Å². The highest BCUT2D eigenvalue weighted by Gasteiger charge is 2.20. The Kier molecular flexibility index (Phi) is 3.98. The molecule has 1 aromatic carbocycles. The normalized spacial score (nSPS) is 14.4. The van der Waals surface area contributed by atoms with Crippen molar-refractivity contribution in [2.75, 3.05) is 18.9 Å².